The zero-order chi connectivity index (χ0) is 104. The number of rotatable bonds is 67. The SMILES string of the molecule is CCN(CCC(F)(F)C(F)(F)C(F)(F)C(F)(F)C(F)(F)C(F)(F)F)c1ccc2c(-c3ccccc3C(=O)N(CCCCCCN)CC(=O)N(CCCCCCN)CC(=O)N(CCCCCCN)CC(=O)N(CCCCCCN)CC(=O)N(CCCCCCN)CC(=O)N(CCCCCCN)CC(N)=O)c3ccc(=[N+](CC)CCC(F)(F)C(F)(F)C(F)(F)C(F)(F)C(F)(F)C(F)(F)F)cc-3oc2c1.[Cl-]. The summed E-state index contributed by atoms with van der Waals surface area (Å²) in [7, 11) is 0. The molecule has 1 aliphatic carbocycles. The van der Waals surface area contributed by atoms with E-state index in [9.17, 15) is 93.4 Å². The largest absolute Gasteiger partial charge is 1.00 e. The van der Waals surface area contributed by atoms with Crippen molar-refractivity contribution in [2.24, 2.45) is 40.1 Å². The van der Waals surface area contributed by atoms with Gasteiger partial charge in [-0.05, 0) is 160 Å². The van der Waals surface area contributed by atoms with Gasteiger partial charge in [-0.25, -0.2) is 4.58 Å². The molecule has 790 valence electrons. The standard InChI is InChI=1S/C88H125F26N15O8.ClH/c1-3-122(51-37-77(89,90)79(93,94)81(97,98)83(101,102)85(105,106)87(109,110)111)61-33-35-65-67(53-61)137-68-54-62(123(4-2)52-38-78(91,92)80(95,96)82(99,100)84(103,104)86(107,108)88(112,113)114)34-36-66(68)75(65)63-31-17-18-32-64(63)76(136)129(50-30-16-10-24-44-120)60-74(135)128(49-29-15-9-23-43-119)59-73(134)127(48-28-14-8-22-42-118)58-72(133)126(47-27-13-7-21-41-117)57-71(132)125(46-26-12-6-20-40-116)56-70(131)124(55-69(121)130)45-25-11-5-19-39-115;/h17-18,31-36,53-54H,3-16,19-30,37-52,55-60,115-120H2,1-2H3,(H-,121,130);1H. The van der Waals surface area contributed by atoms with E-state index in [2.05, 4.69) is 0 Å². The minimum atomic E-state index is -8.25. The summed E-state index contributed by atoms with van der Waals surface area (Å²) in [4.78, 5) is 111. The molecule has 2 aromatic rings. The van der Waals surface area contributed by atoms with E-state index >= 15 is 54.3 Å². The predicted molar refractivity (Wildman–Crippen MR) is 461 cm³/mol. The average molecular weight is 2050 g/mol. The van der Waals surface area contributed by atoms with Crippen molar-refractivity contribution < 1.29 is 165 Å². The number of unbranched alkanes of at least 4 members (excludes halogenated alkanes) is 18. The summed E-state index contributed by atoms with van der Waals surface area (Å²) in [5.74, 6) is -83.6. The first-order valence-electron chi connectivity index (χ1n) is 45.4. The number of anilines is 1. The van der Waals surface area contributed by atoms with Crippen LogP contribution in [0.15, 0.2) is 65.1 Å². The van der Waals surface area contributed by atoms with Crippen LogP contribution in [-0.4, -0.2) is 286 Å². The smallest absolute Gasteiger partial charge is 0.460 e. The average Bonchev–Trinajstić information content (AvgIpc) is 0.711. The van der Waals surface area contributed by atoms with Crippen LogP contribution >= 0.6 is 0 Å². The van der Waals surface area contributed by atoms with Gasteiger partial charge >= 0.3 is 71.6 Å². The highest BCUT2D eigenvalue weighted by atomic mass is 35.5. The van der Waals surface area contributed by atoms with Gasteiger partial charge in [-0.3, -0.25) is 33.6 Å². The van der Waals surface area contributed by atoms with Crippen molar-refractivity contribution in [2.45, 2.75) is 252 Å². The highest BCUT2D eigenvalue weighted by molar-refractivity contribution is 6.10. The molecule has 14 N–H and O–H groups in total. The van der Waals surface area contributed by atoms with Gasteiger partial charge in [-0.1, -0.05) is 95.2 Å². The second-order valence-corrected chi connectivity index (χ2v) is 33.5. The lowest BCUT2D eigenvalue weighted by atomic mass is 9.90. The molecule has 0 radical (unpaired) electrons. The molecule has 0 saturated carbocycles. The lowest BCUT2D eigenvalue weighted by molar-refractivity contribution is -0.440. The summed E-state index contributed by atoms with van der Waals surface area (Å²) >= 11 is 0. The fraction of sp³-hybridized carbons (Fsp3) is 0.705. The number of amides is 7. The van der Waals surface area contributed by atoms with E-state index in [0.29, 0.717) is 164 Å². The summed E-state index contributed by atoms with van der Waals surface area (Å²) in [6, 6.07) is 10.9. The third kappa shape index (κ3) is 32.0. The van der Waals surface area contributed by atoms with Crippen LogP contribution in [0.25, 0.3) is 33.4 Å². The zero-order valence-corrected chi connectivity index (χ0v) is 77.6. The van der Waals surface area contributed by atoms with Gasteiger partial charge in [0.2, 0.25) is 40.8 Å². The van der Waals surface area contributed by atoms with Gasteiger partial charge in [0.15, 0.2) is 0 Å². The predicted octanol–water partition coefficient (Wildman–Crippen LogP) is 12.3. The Morgan fingerprint density at radius 1 is 0.341 bits per heavy atom. The summed E-state index contributed by atoms with van der Waals surface area (Å²) < 4.78 is 380. The molecule has 50 heteroatoms. The van der Waals surface area contributed by atoms with Crippen LogP contribution in [-0.2, 0) is 28.8 Å². The molecular weight excluding hydrogens is 1920 g/mol. The van der Waals surface area contributed by atoms with Gasteiger partial charge in [0.05, 0.1) is 45.2 Å². The van der Waals surface area contributed by atoms with Gasteiger partial charge in [0.1, 0.15) is 31.0 Å². The van der Waals surface area contributed by atoms with E-state index in [4.69, 9.17) is 44.6 Å². The second kappa shape index (κ2) is 55.2. The molecule has 23 nitrogen and oxygen atoms in total. The molecule has 0 saturated heterocycles. The van der Waals surface area contributed by atoms with Crippen molar-refractivity contribution in [3.05, 3.63) is 71.6 Å². The van der Waals surface area contributed by atoms with Crippen molar-refractivity contribution in [2.75, 3.05) is 149 Å². The van der Waals surface area contributed by atoms with Crippen molar-refractivity contribution in [3.63, 3.8) is 0 Å². The molecule has 0 atom stereocenters. The van der Waals surface area contributed by atoms with Crippen molar-refractivity contribution in [1.29, 1.82) is 0 Å². The van der Waals surface area contributed by atoms with Gasteiger partial charge in [0, 0.05) is 98.7 Å². The molecule has 2 aromatic carbocycles. The molecule has 1 aliphatic heterocycles. The number of carbonyl (C=O) groups excluding carboxylic acids is 7. The van der Waals surface area contributed by atoms with Crippen molar-refractivity contribution in [1.82, 2.24) is 34.0 Å². The molecule has 7 amide bonds. The summed E-state index contributed by atoms with van der Waals surface area (Å²) in [5, 5.41) is -0.742. The minimum Gasteiger partial charge on any atom is -1.00 e. The lowest BCUT2D eigenvalue weighted by Crippen LogP contribution is -3.00. The van der Waals surface area contributed by atoms with Crippen molar-refractivity contribution >= 4 is 58.0 Å². The molecule has 0 aromatic heterocycles. The normalized spacial score (nSPS) is 13.2. The first-order valence-corrected chi connectivity index (χ1v) is 45.4. The van der Waals surface area contributed by atoms with Crippen molar-refractivity contribution in [3.8, 4) is 22.5 Å². The number of nitrogens with zero attached hydrogens (tertiary/aromatic N) is 8. The molecule has 138 heavy (non-hydrogen) atoms. The Morgan fingerprint density at radius 3 is 0.993 bits per heavy atom. The number of alkyl halides is 26. The van der Waals surface area contributed by atoms with Crippen LogP contribution in [0.5, 0.6) is 0 Å². The van der Waals surface area contributed by atoms with Crippen LogP contribution in [0.1, 0.15) is 191 Å². The fourth-order valence-corrected chi connectivity index (χ4v) is 15.0. The number of carbonyl (C=O) groups is 7. The molecule has 1 heterocycles. The van der Waals surface area contributed by atoms with Gasteiger partial charge < -0.3 is 91.3 Å². The van der Waals surface area contributed by atoms with E-state index < -0.39 is 214 Å². The first-order chi connectivity index (χ1) is 63.9. The minimum absolute atomic E-state index is 0. The topological polar surface area (TPSA) is 340 Å². The fourth-order valence-electron chi connectivity index (χ4n) is 15.0. The lowest BCUT2D eigenvalue weighted by Gasteiger charge is -2.40. The van der Waals surface area contributed by atoms with E-state index in [0.717, 1.165) is 66.5 Å². The molecule has 0 unspecified atom stereocenters. The number of fused-ring (bicyclic) bond motifs is 2. The Bertz CT molecular complexity index is 4500. The molecule has 0 fully saturated rings. The zero-order valence-electron chi connectivity index (χ0n) is 76.8. The number of hydrogen-bond donors (Lipinski definition) is 7. The number of primary amides is 1. The monoisotopic (exact) mass is 2050 g/mol. The number of nitrogens with two attached hydrogens (primary N) is 7. The van der Waals surface area contributed by atoms with Gasteiger partial charge in [0.25, 0.3) is 5.91 Å². The summed E-state index contributed by atoms with van der Waals surface area (Å²) in [6.07, 6.45) is -8.87. The Hall–Kier alpha value is -8.55. The Labute approximate surface area is 789 Å². The highest BCUT2D eigenvalue weighted by Crippen LogP contribution is 2.63. The first kappa shape index (κ1) is 124. The third-order valence-electron chi connectivity index (χ3n) is 23.3. The van der Waals surface area contributed by atoms with Crippen LogP contribution in [0, 0.1) is 0 Å². The van der Waals surface area contributed by atoms with Gasteiger partial charge in [-0.15, -0.1) is 0 Å². The Morgan fingerprint density at radius 2 is 0.659 bits per heavy atom. The van der Waals surface area contributed by atoms with Gasteiger partial charge in [-0.2, -0.15) is 114 Å². The molecule has 2 aliphatic rings. The maximum atomic E-state index is 16.0. The van der Waals surface area contributed by atoms with Crippen LogP contribution < -0.4 is 67.4 Å². The number of hydrogen-bond acceptors (Lipinski definition) is 15. The molecule has 0 bridgehead atoms. The Kier molecular flexibility index (Phi) is 49.4. The van der Waals surface area contributed by atoms with Crippen LogP contribution in [0.2, 0.25) is 0 Å². The van der Waals surface area contributed by atoms with E-state index in [1.807, 2.05) is 0 Å². The molecule has 4 rings (SSSR count). The van der Waals surface area contributed by atoms with Crippen LogP contribution in [0.3, 0.4) is 0 Å². The Balaban J connectivity index is 0.0000490. The highest BCUT2D eigenvalue weighted by Gasteiger charge is 2.92. The maximum Gasteiger partial charge on any atom is 0.460 e. The number of benzene rings is 3. The van der Waals surface area contributed by atoms with E-state index in [1.54, 1.807) is 0 Å². The summed E-state index contributed by atoms with van der Waals surface area (Å²) in [5.41, 5.74) is 38.3. The maximum absolute atomic E-state index is 16.0. The van der Waals surface area contributed by atoms with Crippen LogP contribution in [0.4, 0.5) is 120 Å². The molecule has 0 spiro atoms. The summed E-state index contributed by atoms with van der Waals surface area (Å²) in [6.45, 7) is -4.98. The molecular formula is C88H126ClF26N15O8. The quantitative estimate of drug-likeness (QED) is 0.00935. The number of halogens is 27. The van der Waals surface area contributed by atoms with E-state index in [1.165, 1.54) is 43.9 Å². The van der Waals surface area contributed by atoms with E-state index in [-0.39, 0.29) is 112 Å². The third-order valence-corrected chi connectivity index (χ3v) is 23.3. The second-order valence-electron chi connectivity index (χ2n) is 33.5.